The summed E-state index contributed by atoms with van der Waals surface area (Å²) in [7, 11) is 0. The topological polar surface area (TPSA) is 63.1 Å². The molecule has 2 aromatic rings. The Hall–Kier alpha value is -2.21. The Balaban J connectivity index is 1.59. The highest BCUT2D eigenvalue weighted by molar-refractivity contribution is 5.75. The first-order valence-electron chi connectivity index (χ1n) is 8.66. The monoisotopic (exact) mass is 327 g/mol. The average molecular weight is 327 g/mol. The van der Waals surface area contributed by atoms with E-state index < -0.39 is 0 Å². The van der Waals surface area contributed by atoms with E-state index in [1.54, 1.807) is 0 Å². The van der Waals surface area contributed by atoms with Crippen LogP contribution in [0.5, 0.6) is 0 Å². The van der Waals surface area contributed by atoms with Crippen LogP contribution >= 0.6 is 0 Å². The van der Waals surface area contributed by atoms with Gasteiger partial charge in [-0.25, -0.2) is 0 Å². The number of hydrogen-bond donors (Lipinski definition) is 1. The Morgan fingerprint density at radius 1 is 1.25 bits per heavy atom. The van der Waals surface area contributed by atoms with Crippen LogP contribution in [-0.2, 0) is 37.4 Å². The van der Waals surface area contributed by atoms with Crippen LogP contribution in [0, 0.1) is 0 Å². The molecule has 1 aliphatic rings. The first-order valence-corrected chi connectivity index (χ1v) is 8.66. The Labute approximate surface area is 142 Å². The van der Waals surface area contributed by atoms with Gasteiger partial charge in [-0.15, -0.1) is 0 Å². The van der Waals surface area contributed by atoms with Crippen LogP contribution in [0.25, 0.3) is 0 Å². The fraction of sp³-hybridized carbons (Fsp3) is 0.500. The predicted molar refractivity (Wildman–Crippen MR) is 92.1 cm³/mol. The summed E-state index contributed by atoms with van der Waals surface area (Å²) in [6, 6.07) is 6.37. The molecular formula is C18H25N5O. The van der Waals surface area contributed by atoms with Gasteiger partial charge in [0.1, 0.15) is 0 Å². The molecular weight excluding hydrogens is 302 g/mol. The number of rotatable bonds is 6. The molecule has 3 heterocycles. The summed E-state index contributed by atoms with van der Waals surface area (Å²) >= 11 is 0. The summed E-state index contributed by atoms with van der Waals surface area (Å²) in [5.41, 5.74) is 4.51. The van der Waals surface area contributed by atoms with Crippen molar-refractivity contribution in [2.24, 2.45) is 0 Å². The zero-order valence-electron chi connectivity index (χ0n) is 14.5. The second-order valence-corrected chi connectivity index (χ2v) is 6.20. The van der Waals surface area contributed by atoms with Crippen molar-refractivity contribution in [2.75, 3.05) is 6.54 Å². The van der Waals surface area contributed by atoms with Crippen molar-refractivity contribution in [1.82, 2.24) is 25.0 Å². The zero-order chi connectivity index (χ0) is 16.9. The number of nitrogens with zero attached hydrogens (tertiary/aromatic N) is 4. The van der Waals surface area contributed by atoms with Gasteiger partial charge in [0.15, 0.2) is 0 Å². The molecule has 2 aromatic heterocycles. The van der Waals surface area contributed by atoms with Crippen LogP contribution in [0.2, 0.25) is 0 Å². The van der Waals surface area contributed by atoms with Gasteiger partial charge in [-0.2, -0.15) is 5.10 Å². The molecule has 6 nitrogen and oxygen atoms in total. The van der Waals surface area contributed by atoms with Crippen molar-refractivity contribution in [2.45, 2.75) is 52.9 Å². The highest BCUT2D eigenvalue weighted by Crippen LogP contribution is 2.16. The maximum atomic E-state index is 11.4. The van der Waals surface area contributed by atoms with Crippen LogP contribution in [0.15, 0.2) is 24.4 Å². The fourth-order valence-electron chi connectivity index (χ4n) is 2.90. The third-order valence-electron chi connectivity index (χ3n) is 4.40. The van der Waals surface area contributed by atoms with Gasteiger partial charge < -0.3 is 5.32 Å². The zero-order valence-corrected chi connectivity index (χ0v) is 14.5. The summed E-state index contributed by atoms with van der Waals surface area (Å²) in [5, 5.41) is 7.46. The molecule has 0 spiro atoms. The number of carbonyl (C=O) groups excluding carboxylic acids is 1. The van der Waals surface area contributed by atoms with Crippen molar-refractivity contribution in [1.29, 1.82) is 0 Å². The number of carbonyl (C=O) groups is 1. The van der Waals surface area contributed by atoms with E-state index in [-0.39, 0.29) is 5.91 Å². The number of aromatic nitrogens is 3. The molecule has 1 aliphatic heterocycles. The molecule has 0 fully saturated rings. The highest BCUT2D eigenvalue weighted by atomic mass is 16.1. The number of fused-ring (bicyclic) bond motifs is 1. The van der Waals surface area contributed by atoms with Crippen LogP contribution < -0.4 is 5.32 Å². The normalized spacial score (nSPS) is 14.4. The average Bonchev–Trinajstić information content (AvgIpc) is 3.02. The van der Waals surface area contributed by atoms with E-state index in [0.29, 0.717) is 13.0 Å². The predicted octanol–water partition coefficient (Wildman–Crippen LogP) is 1.88. The van der Waals surface area contributed by atoms with Gasteiger partial charge >= 0.3 is 0 Å². The second kappa shape index (κ2) is 7.57. The molecule has 0 unspecified atom stereocenters. The first-order chi connectivity index (χ1) is 11.7. The molecule has 6 heteroatoms. The summed E-state index contributed by atoms with van der Waals surface area (Å²) < 4.78 is 2.05. The Morgan fingerprint density at radius 3 is 2.83 bits per heavy atom. The van der Waals surface area contributed by atoms with Gasteiger partial charge in [0, 0.05) is 32.3 Å². The highest BCUT2D eigenvalue weighted by Gasteiger charge is 2.19. The van der Waals surface area contributed by atoms with Gasteiger partial charge in [0.05, 0.1) is 30.2 Å². The smallest absolute Gasteiger partial charge is 0.220 e. The molecule has 0 aliphatic carbocycles. The number of amides is 1. The van der Waals surface area contributed by atoms with Crippen LogP contribution in [-0.4, -0.2) is 32.1 Å². The minimum Gasteiger partial charge on any atom is -0.350 e. The summed E-state index contributed by atoms with van der Waals surface area (Å²) in [6.07, 6.45) is 3.50. The van der Waals surface area contributed by atoms with Crippen LogP contribution in [0.3, 0.4) is 0 Å². The third-order valence-corrected chi connectivity index (χ3v) is 4.40. The molecule has 0 bridgehead atoms. The van der Waals surface area contributed by atoms with Gasteiger partial charge in [-0.1, -0.05) is 19.9 Å². The lowest BCUT2D eigenvalue weighted by Crippen LogP contribution is -2.33. The maximum Gasteiger partial charge on any atom is 0.220 e. The number of aryl methyl sites for hydroxylation is 1. The summed E-state index contributed by atoms with van der Waals surface area (Å²) in [6.45, 7) is 8.07. The van der Waals surface area contributed by atoms with E-state index in [9.17, 15) is 4.79 Å². The largest absolute Gasteiger partial charge is 0.350 e. The first kappa shape index (κ1) is 16.6. The quantitative estimate of drug-likeness (QED) is 0.880. The molecule has 1 N–H and O–H groups in total. The van der Waals surface area contributed by atoms with E-state index in [1.165, 1.54) is 11.3 Å². The van der Waals surface area contributed by atoms with E-state index in [2.05, 4.69) is 50.1 Å². The minimum atomic E-state index is 0.0594. The molecule has 0 saturated heterocycles. The molecule has 0 radical (unpaired) electrons. The summed E-state index contributed by atoms with van der Waals surface area (Å²) in [4.78, 5) is 18.3. The van der Waals surface area contributed by atoms with Gasteiger partial charge in [0.2, 0.25) is 5.91 Å². The third kappa shape index (κ3) is 4.00. The van der Waals surface area contributed by atoms with Crippen molar-refractivity contribution in [3.05, 3.63) is 47.0 Å². The van der Waals surface area contributed by atoms with E-state index >= 15 is 0 Å². The minimum absolute atomic E-state index is 0.0594. The van der Waals surface area contributed by atoms with Gasteiger partial charge in [0.25, 0.3) is 0 Å². The second-order valence-electron chi connectivity index (χ2n) is 6.20. The van der Waals surface area contributed by atoms with Crippen molar-refractivity contribution >= 4 is 5.91 Å². The lowest BCUT2D eigenvalue weighted by atomic mass is 10.2. The number of pyridine rings is 1. The molecule has 0 atom stereocenters. The Kier molecular flexibility index (Phi) is 5.25. The number of hydrogen-bond acceptors (Lipinski definition) is 4. The molecule has 3 rings (SSSR count). The van der Waals surface area contributed by atoms with Crippen LogP contribution in [0.4, 0.5) is 0 Å². The fourth-order valence-corrected chi connectivity index (χ4v) is 2.90. The van der Waals surface area contributed by atoms with Crippen LogP contribution in [0.1, 0.15) is 42.9 Å². The lowest BCUT2D eigenvalue weighted by Gasteiger charge is -2.27. The molecule has 0 saturated carbocycles. The Morgan fingerprint density at radius 2 is 2.12 bits per heavy atom. The van der Waals surface area contributed by atoms with E-state index in [1.807, 2.05) is 13.1 Å². The SMILES string of the molecule is CCC(=O)NCc1cc2n(n1)CCN(Cc1ccc(CC)cn1)C2. The molecule has 128 valence electrons. The number of nitrogens with one attached hydrogen (secondary N) is 1. The standard InChI is InChI=1S/C18H25N5O/c1-3-14-5-6-15(19-10-14)12-22-7-8-23-17(13-22)9-16(21-23)11-20-18(24)4-2/h5-6,9-10H,3-4,7-8,11-13H2,1-2H3,(H,20,24). The molecule has 24 heavy (non-hydrogen) atoms. The summed E-state index contributed by atoms with van der Waals surface area (Å²) in [5.74, 6) is 0.0594. The molecule has 0 aromatic carbocycles. The van der Waals surface area contributed by atoms with E-state index in [0.717, 1.165) is 44.0 Å². The van der Waals surface area contributed by atoms with Gasteiger partial charge in [-0.3, -0.25) is 19.4 Å². The van der Waals surface area contributed by atoms with Crippen molar-refractivity contribution in [3.8, 4) is 0 Å². The lowest BCUT2D eigenvalue weighted by molar-refractivity contribution is -0.120. The van der Waals surface area contributed by atoms with Crippen molar-refractivity contribution < 1.29 is 4.79 Å². The maximum absolute atomic E-state index is 11.4. The van der Waals surface area contributed by atoms with E-state index in [4.69, 9.17) is 0 Å². The molecule has 1 amide bonds. The Bertz CT molecular complexity index is 692. The van der Waals surface area contributed by atoms with Crippen molar-refractivity contribution in [3.63, 3.8) is 0 Å². The van der Waals surface area contributed by atoms with Gasteiger partial charge in [-0.05, 0) is 24.1 Å².